The van der Waals surface area contributed by atoms with Gasteiger partial charge in [0, 0.05) is 50.1 Å². The number of rotatable bonds is 11. The van der Waals surface area contributed by atoms with Crippen LogP contribution in [0.25, 0.3) is 0 Å². The Hall–Kier alpha value is -2.62. The Balaban J connectivity index is 1.47. The Morgan fingerprint density at radius 2 is 2.03 bits per heavy atom. The zero-order valence-electron chi connectivity index (χ0n) is 18.2. The predicted octanol–water partition coefficient (Wildman–Crippen LogP) is 1.79. The number of amides is 1. The summed E-state index contributed by atoms with van der Waals surface area (Å²) < 4.78 is 23.5. The molecule has 1 saturated heterocycles. The summed E-state index contributed by atoms with van der Waals surface area (Å²) in [7, 11) is 3.18. The van der Waals surface area contributed by atoms with Crippen LogP contribution in [0, 0.1) is 0 Å². The molecule has 0 radical (unpaired) electrons. The number of aromatic nitrogens is 2. The smallest absolute Gasteiger partial charge is 0.260 e. The van der Waals surface area contributed by atoms with Gasteiger partial charge >= 0.3 is 0 Å². The highest BCUT2D eigenvalue weighted by atomic mass is 16.5. The molecule has 1 N–H and O–H groups in total. The van der Waals surface area contributed by atoms with Gasteiger partial charge in [-0.1, -0.05) is 0 Å². The molecule has 1 aliphatic rings. The molecule has 0 bridgehead atoms. The van der Waals surface area contributed by atoms with E-state index in [0.717, 1.165) is 18.7 Å². The third-order valence-corrected chi connectivity index (χ3v) is 5.41. The topological polar surface area (TPSA) is 95.3 Å². The van der Waals surface area contributed by atoms with E-state index in [2.05, 4.69) is 4.98 Å². The molecule has 31 heavy (non-hydrogen) atoms. The quantitative estimate of drug-likeness (QED) is 0.540. The Morgan fingerprint density at radius 1 is 1.23 bits per heavy atom. The number of aliphatic hydroxyl groups excluding tert-OH is 1. The standard InChI is InChI=1S/C22H31N3O6/c1-28-11-12-30-16-25-10-7-23-22(25)17-5-8-24(9-6-17)21(27)15-31-19-4-3-18(14-26)20(13-19)29-2/h3-4,7,10,13,17,26H,5-6,8-9,11-12,14-16H2,1-2H3. The van der Waals surface area contributed by atoms with Gasteiger partial charge in [0.1, 0.15) is 24.1 Å². The second kappa shape index (κ2) is 11.7. The van der Waals surface area contributed by atoms with Crippen LogP contribution in [0.2, 0.25) is 0 Å². The number of piperidine rings is 1. The maximum Gasteiger partial charge on any atom is 0.260 e. The second-order valence-electron chi connectivity index (χ2n) is 7.36. The minimum absolute atomic E-state index is 0.0335. The number of hydrogen-bond acceptors (Lipinski definition) is 7. The lowest BCUT2D eigenvalue weighted by Gasteiger charge is -2.32. The monoisotopic (exact) mass is 433 g/mol. The maximum absolute atomic E-state index is 12.6. The van der Waals surface area contributed by atoms with E-state index in [0.29, 0.717) is 56.0 Å². The SMILES string of the molecule is COCCOCn1ccnc1C1CCN(C(=O)COc2ccc(CO)c(OC)c2)CC1. The van der Waals surface area contributed by atoms with E-state index in [1.807, 2.05) is 15.7 Å². The lowest BCUT2D eigenvalue weighted by molar-refractivity contribution is -0.134. The first-order chi connectivity index (χ1) is 15.2. The fraction of sp³-hybridized carbons (Fsp3) is 0.545. The number of benzene rings is 1. The number of methoxy groups -OCH3 is 2. The molecule has 0 unspecified atom stereocenters. The number of imidazole rings is 1. The van der Waals surface area contributed by atoms with Crippen molar-refractivity contribution < 1.29 is 28.8 Å². The molecule has 2 aromatic rings. The van der Waals surface area contributed by atoms with Crippen molar-refractivity contribution in [2.45, 2.75) is 32.1 Å². The molecule has 0 saturated carbocycles. The van der Waals surface area contributed by atoms with Gasteiger partial charge in [0.15, 0.2) is 6.61 Å². The highest BCUT2D eigenvalue weighted by Crippen LogP contribution is 2.28. The van der Waals surface area contributed by atoms with Crippen LogP contribution in [0.3, 0.4) is 0 Å². The Kier molecular flexibility index (Phi) is 8.69. The summed E-state index contributed by atoms with van der Waals surface area (Å²) >= 11 is 0. The molecule has 1 amide bonds. The molecule has 0 spiro atoms. The van der Waals surface area contributed by atoms with Crippen LogP contribution in [-0.2, 0) is 27.6 Å². The van der Waals surface area contributed by atoms with Gasteiger partial charge in [0.05, 0.1) is 26.9 Å². The highest BCUT2D eigenvalue weighted by molar-refractivity contribution is 5.77. The van der Waals surface area contributed by atoms with Crippen molar-refractivity contribution in [1.82, 2.24) is 14.5 Å². The van der Waals surface area contributed by atoms with E-state index in [1.165, 1.54) is 7.11 Å². The van der Waals surface area contributed by atoms with Crippen molar-refractivity contribution in [2.24, 2.45) is 0 Å². The van der Waals surface area contributed by atoms with Crippen LogP contribution in [0.4, 0.5) is 0 Å². The summed E-state index contributed by atoms with van der Waals surface area (Å²) in [6.45, 7) is 2.72. The first-order valence-electron chi connectivity index (χ1n) is 10.4. The molecule has 0 atom stereocenters. The van der Waals surface area contributed by atoms with Gasteiger partial charge in [-0.2, -0.15) is 0 Å². The van der Waals surface area contributed by atoms with Gasteiger partial charge in [-0.25, -0.2) is 4.98 Å². The molecule has 1 aromatic carbocycles. The molecule has 9 nitrogen and oxygen atoms in total. The van der Waals surface area contributed by atoms with Crippen molar-refractivity contribution >= 4 is 5.91 Å². The fourth-order valence-electron chi connectivity index (χ4n) is 3.66. The lowest BCUT2D eigenvalue weighted by Crippen LogP contribution is -2.40. The molecule has 1 aliphatic heterocycles. The summed E-state index contributed by atoms with van der Waals surface area (Å²) in [6.07, 6.45) is 5.40. The number of nitrogens with zero attached hydrogens (tertiary/aromatic N) is 3. The molecule has 170 valence electrons. The molecular formula is C22H31N3O6. The zero-order chi connectivity index (χ0) is 22.1. The summed E-state index contributed by atoms with van der Waals surface area (Å²) in [6, 6.07) is 5.13. The number of ether oxygens (including phenoxy) is 4. The number of carbonyl (C=O) groups excluding carboxylic acids is 1. The second-order valence-corrected chi connectivity index (χ2v) is 7.36. The van der Waals surface area contributed by atoms with E-state index in [-0.39, 0.29) is 19.1 Å². The van der Waals surface area contributed by atoms with Crippen LogP contribution in [0.15, 0.2) is 30.6 Å². The summed E-state index contributed by atoms with van der Waals surface area (Å²) in [5.74, 6) is 2.32. The third-order valence-electron chi connectivity index (χ3n) is 5.41. The van der Waals surface area contributed by atoms with Crippen molar-refractivity contribution in [2.75, 3.05) is 47.1 Å². The van der Waals surface area contributed by atoms with Crippen LogP contribution in [0.1, 0.15) is 30.1 Å². The van der Waals surface area contributed by atoms with Crippen LogP contribution >= 0.6 is 0 Å². The first-order valence-corrected chi connectivity index (χ1v) is 10.4. The average molecular weight is 434 g/mol. The van der Waals surface area contributed by atoms with E-state index in [1.54, 1.807) is 31.5 Å². The molecule has 1 fully saturated rings. The van der Waals surface area contributed by atoms with Crippen LogP contribution in [0.5, 0.6) is 11.5 Å². The summed E-state index contributed by atoms with van der Waals surface area (Å²) in [5, 5.41) is 9.30. The Morgan fingerprint density at radius 3 is 2.74 bits per heavy atom. The van der Waals surface area contributed by atoms with Crippen molar-refractivity contribution in [3.8, 4) is 11.5 Å². The number of likely N-dealkylation sites (tertiary alicyclic amines) is 1. The Bertz CT molecular complexity index is 832. The van der Waals surface area contributed by atoms with E-state index >= 15 is 0 Å². The van der Waals surface area contributed by atoms with E-state index < -0.39 is 0 Å². The molecule has 2 heterocycles. The average Bonchev–Trinajstić information content (AvgIpc) is 3.28. The molecule has 0 aliphatic carbocycles. The highest BCUT2D eigenvalue weighted by Gasteiger charge is 2.26. The van der Waals surface area contributed by atoms with Gasteiger partial charge < -0.3 is 33.5 Å². The van der Waals surface area contributed by atoms with Gasteiger partial charge in [-0.3, -0.25) is 4.79 Å². The van der Waals surface area contributed by atoms with E-state index in [4.69, 9.17) is 18.9 Å². The van der Waals surface area contributed by atoms with Gasteiger partial charge in [-0.15, -0.1) is 0 Å². The zero-order valence-corrected chi connectivity index (χ0v) is 18.2. The Labute approximate surface area is 182 Å². The number of aliphatic hydroxyl groups is 1. The summed E-state index contributed by atoms with van der Waals surface area (Å²) in [4.78, 5) is 18.9. The maximum atomic E-state index is 12.6. The van der Waals surface area contributed by atoms with Crippen molar-refractivity contribution in [1.29, 1.82) is 0 Å². The van der Waals surface area contributed by atoms with Gasteiger partial charge in [0.25, 0.3) is 5.91 Å². The van der Waals surface area contributed by atoms with Gasteiger partial charge in [-0.05, 0) is 25.0 Å². The van der Waals surface area contributed by atoms with Gasteiger partial charge in [0.2, 0.25) is 0 Å². The predicted molar refractivity (Wildman–Crippen MR) is 113 cm³/mol. The number of carbonyl (C=O) groups is 1. The van der Waals surface area contributed by atoms with Crippen LogP contribution in [-0.4, -0.2) is 72.6 Å². The lowest BCUT2D eigenvalue weighted by atomic mass is 9.96. The van der Waals surface area contributed by atoms with Crippen molar-refractivity contribution in [3.05, 3.63) is 42.0 Å². The third kappa shape index (κ3) is 6.19. The molecule has 3 rings (SSSR count). The summed E-state index contributed by atoms with van der Waals surface area (Å²) in [5.41, 5.74) is 0.672. The normalized spacial score (nSPS) is 14.6. The minimum Gasteiger partial charge on any atom is -0.496 e. The molecule has 1 aromatic heterocycles. The largest absolute Gasteiger partial charge is 0.496 e. The van der Waals surface area contributed by atoms with Crippen molar-refractivity contribution in [3.63, 3.8) is 0 Å². The number of hydrogen-bond donors (Lipinski definition) is 1. The molecular weight excluding hydrogens is 402 g/mol. The minimum atomic E-state index is -0.116. The fourth-order valence-corrected chi connectivity index (χ4v) is 3.66. The van der Waals surface area contributed by atoms with Crippen LogP contribution < -0.4 is 9.47 Å². The first kappa shape index (κ1) is 23.1. The molecule has 9 heteroatoms. The van der Waals surface area contributed by atoms with E-state index in [9.17, 15) is 9.90 Å².